The van der Waals surface area contributed by atoms with Gasteiger partial charge in [-0.15, -0.1) is 0 Å². The van der Waals surface area contributed by atoms with Crippen molar-refractivity contribution in [3.05, 3.63) is 34.5 Å². The largest absolute Gasteiger partial charge is 0.350 e. The van der Waals surface area contributed by atoms with Crippen LogP contribution in [0, 0.1) is 6.92 Å². The minimum atomic E-state index is 0.109. The Morgan fingerprint density at radius 1 is 1.33 bits per heavy atom. The summed E-state index contributed by atoms with van der Waals surface area (Å²) in [4.78, 5) is 17.5. The molecule has 94 valence electrons. The van der Waals surface area contributed by atoms with E-state index in [4.69, 9.17) is 11.6 Å². The fraction of sp³-hybridized carbons (Fsp3) is 0.357. The molecular weight excluding hydrogens is 248 g/mol. The van der Waals surface area contributed by atoms with E-state index >= 15 is 0 Å². The quantitative estimate of drug-likeness (QED) is 0.840. The van der Waals surface area contributed by atoms with E-state index in [2.05, 4.69) is 4.98 Å². The highest BCUT2D eigenvalue weighted by Gasteiger charge is 2.23. The standard InChI is InChI=1S/C14H15ClN2O/c1-9-11-5-4-10(15)8-12(11)16-13(9)14(18)17-6-2-3-7-17/h4-5,8,16H,2-3,6-7H2,1H3. The lowest BCUT2D eigenvalue weighted by Gasteiger charge is -2.14. The van der Waals surface area contributed by atoms with Gasteiger partial charge in [-0.2, -0.15) is 0 Å². The summed E-state index contributed by atoms with van der Waals surface area (Å²) >= 11 is 5.97. The van der Waals surface area contributed by atoms with Gasteiger partial charge in [0.2, 0.25) is 0 Å². The van der Waals surface area contributed by atoms with Crippen molar-refractivity contribution >= 4 is 28.4 Å². The van der Waals surface area contributed by atoms with Crippen molar-refractivity contribution in [1.29, 1.82) is 0 Å². The van der Waals surface area contributed by atoms with Gasteiger partial charge in [-0.05, 0) is 37.5 Å². The maximum Gasteiger partial charge on any atom is 0.270 e. The Morgan fingerprint density at radius 2 is 2.06 bits per heavy atom. The van der Waals surface area contributed by atoms with Crippen LogP contribution in [0.15, 0.2) is 18.2 Å². The van der Waals surface area contributed by atoms with Crippen molar-refractivity contribution in [2.45, 2.75) is 19.8 Å². The van der Waals surface area contributed by atoms with Crippen LogP contribution in [0.1, 0.15) is 28.9 Å². The predicted octanol–water partition coefficient (Wildman–Crippen LogP) is 3.37. The molecule has 0 saturated carbocycles. The second-order valence-corrected chi connectivity index (χ2v) is 5.25. The lowest BCUT2D eigenvalue weighted by molar-refractivity contribution is 0.0787. The Bertz CT molecular complexity index is 612. The summed E-state index contributed by atoms with van der Waals surface area (Å²) in [7, 11) is 0. The molecule has 18 heavy (non-hydrogen) atoms. The number of nitrogens with zero attached hydrogens (tertiary/aromatic N) is 1. The van der Waals surface area contributed by atoms with Crippen molar-refractivity contribution in [2.75, 3.05) is 13.1 Å². The number of halogens is 1. The topological polar surface area (TPSA) is 36.1 Å². The number of nitrogens with one attached hydrogen (secondary N) is 1. The number of benzene rings is 1. The van der Waals surface area contributed by atoms with Crippen LogP contribution >= 0.6 is 11.6 Å². The number of fused-ring (bicyclic) bond motifs is 1. The molecule has 1 amide bonds. The number of hydrogen-bond donors (Lipinski definition) is 1. The first kappa shape index (κ1) is 11.6. The van der Waals surface area contributed by atoms with E-state index in [1.54, 1.807) is 0 Å². The summed E-state index contributed by atoms with van der Waals surface area (Å²) in [5.74, 6) is 0.109. The third-order valence-electron chi connectivity index (χ3n) is 3.63. The van der Waals surface area contributed by atoms with Gasteiger partial charge < -0.3 is 9.88 Å². The minimum absolute atomic E-state index is 0.109. The molecule has 2 aromatic rings. The van der Waals surface area contributed by atoms with Gasteiger partial charge in [0, 0.05) is 29.0 Å². The summed E-state index contributed by atoms with van der Waals surface area (Å²) in [6.07, 6.45) is 2.22. The van der Waals surface area contributed by atoms with Gasteiger partial charge in [-0.25, -0.2) is 0 Å². The molecule has 1 aliphatic rings. The smallest absolute Gasteiger partial charge is 0.270 e. The van der Waals surface area contributed by atoms with E-state index in [-0.39, 0.29) is 5.91 Å². The van der Waals surface area contributed by atoms with Crippen LogP contribution in [0.2, 0.25) is 5.02 Å². The van der Waals surface area contributed by atoms with Gasteiger partial charge in [-0.1, -0.05) is 17.7 Å². The summed E-state index contributed by atoms with van der Waals surface area (Å²) in [5, 5.41) is 1.76. The van der Waals surface area contributed by atoms with E-state index in [1.807, 2.05) is 30.0 Å². The van der Waals surface area contributed by atoms with Crippen molar-refractivity contribution in [3.63, 3.8) is 0 Å². The van der Waals surface area contributed by atoms with Gasteiger partial charge in [0.25, 0.3) is 5.91 Å². The van der Waals surface area contributed by atoms with Crippen LogP contribution in [0.5, 0.6) is 0 Å². The zero-order chi connectivity index (χ0) is 12.7. The van der Waals surface area contributed by atoms with E-state index in [0.29, 0.717) is 10.7 Å². The Hall–Kier alpha value is -1.48. The molecular formula is C14H15ClN2O. The molecule has 1 aromatic heterocycles. The average Bonchev–Trinajstić information content (AvgIpc) is 2.97. The van der Waals surface area contributed by atoms with Gasteiger partial charge in [0.05, 0.1) is 0 Å². The molecule has 0 radical (unpaired) electrons. The number of carbonyl (C=O) groups is 1. The second kappa shape index (κ2) is 4.32. The van der Waals surface area contributed by atoms with Gasteiger partial charge in [0.1, 0.15) is 5.69 Å². The number of hydrogen-bond acceptors (Lipinski definition) is 1. The first-order valence-electron chi connectivity index (χ1n) is 6.24. The number of aromatic amines is 1. The molecule has 0 bridgehead atoms. The molecule has 1 aromatic carbocycles. The van der Waals surface area contributed by atoms with Gasteiger partial charge in [0.15, 0.2) is 0 Å². The van der Waals surface area contributed by atoms with Gasteiger partial charge in [-0.3, -0.25) is 4.79 Å². The Kier molecular flexibility index (Phi) is 2.78. The molecule has 0 unspecified atom stereocenters. The fourth-order valence-corrected chi connectivity index (χ4v) is 2.77. The lowest BCUT2D eigenvalue weighted by atomic mass is 10.1. The molecule has 1 saturated heterocycles. The molecule has 1 N–H and O–H groups in total. The SMILES string of the molecule is Cc1c(C(=O)N2CCCC2)[nH]c2cc(Cl)ccc12. The van der Waals surface area contributed by atoms with E-state index in [0.717, 1.165) is 42.4 Å². The van der Waals surface area contributed by atoms with Crippen LogP contribution in [0.3, 0.4) is 0 Å². The Balaban J connectivity index is 2.06. The third-order valence-corrected chi connectivity index (χ3v) is 3.86. The van der Waals surface area contributed by atoms with Crippen molar-refractivity contribution in [2.24, 2.45) is 0 Å². The normalized spacial score (nSPS) is 15.6. The highest BCUT2D eigenvalue weighted by molar-refractivity contribution is 6.31. The number of amides is 1. The predicted molar refractivity (Wildman–Crippen MR) is 73.2 cm³/mol. The minimum Gasteiger partial charge on any atom is -0.350 e. The maximum atomic E-state index is 12.4. The number of likely N-dealkylation sites (tertiary alicyclic amines) is 1. The van der Waals surface area contributed by atoms with E-state index < -0.39 is 0 Å². The number of aromatic nitrogens is 1. The summed E-state index contributed by atoms with van der Waals surface area (Å²) in [6.45, 7) is 3.72. The average molecular weight is 263 g/mol. The number of aryl methyl sites for hydroxylation is 1. The number of carbonyl (C=O) groups excluding carboxylic acids is 1. The molecule has 0 atom stereocenters. The fourth-order valence-electron chi connectivity index (χ4n) is 2.60. The molecule has 3 nitrogen and oxygen atoms in total. The molecule has 3 rings (SSSR count). The number of rotatable bonds is 1. The van der Waals surface area contributed by atoms with Crippen molar-refractivity contribution in [1.82, 2.24) is 9.88 Å². The van der Waals surface area contributed by atoms with Crippen molar-refractivity contribution in [3.8, 4) is 0 Å². The van der Waals surface area contributed by atoms with Crippen LogP contribution in [0.25, 0.3) is 10.9 Å². The van der Waals surface area contributed by atoms with Crippen LogP contribution < -0.4 is 0 Å². The molecule has 1 fully saturated rings. The second-order valence-electron chi connectivity index (χ2n) is 4.81. The Morgan fingerprint density at radius 3 is 2.78 bits per heavy atom. The van der Waals surface area contributed by atoms with E-state index in [1.165, 1.54) is 0 Å². The maximum absolute atomic E-state index is 12.4. The summed E-state index contributed by atoms with van der Waals surface area (Å²) < 4.78 is 0. The molecule has 4 heteroatoms. The van der Waals surface area contributed by atoms with Crippen LogP contribution in [-0.2, 0) is 0 Å². The van der Waals surface area contributed by atoms with Crippen LogP contribution in [0.4, 0.5) is 0 Å². The monoisotopic (exact) mass is 262 g/mol. The summed E-state index contributed by atoms with van der Waals surface area (Å²) in [6, 6.07) is 5.68. The van der Waals surface area contributed by atoms with Crippen molar-refractivity contribution < 1.29 is 4.79 Å². The van der Waals surface area contributed by atoms with Crippen LogP contribution in [-0.4, -0.2) is 28.9 Å². The first-order chi connectivity index (χ1) is 8.66. The van der Waals surface area contributed by atoms with Gasteiger partial charge >= 0.3 is 0 Å². The zero-order valence-electron chi connectivity index (χ0n) is 10.3. The molecule has 0 aliphatic carbocycles. The zero-order valence-corrected chi connectivity index (χ0v) is 11.0. The summed E-state index contributed by atoms with van der Waals surface area (Å²) in [5.41, 5.74) is 2.65. The number of H-pyrrole nitrogens is 1. The molecule has 0 spiro atoms. The molecule has 1 aliphatic heterocycles. The highest BCUT2D eigenvalue weighted by Crippen LogP contribution is 2.26. The lowest BCUT2D eigenvalue weighted by Crippen LogP contribution is -2.28. The molecule has 2 heterocycles. The third kappa shape index (κ3) is 1.79. The van der Waals surface area contributed by atoms with E-state index in [9.17, 15) is 4.79 Å². The first-order valence-corrected chi connectivity index (χ1v) is 6.62. The Labute approximate surface area is 111 Å². The highest BCUT2D eigenvalue weighted by atomic mass is 35.5.